The molecule has 1 N–H and O–H groups in total. The number of hydrogen-bond acceptors (Lipinski definition) is 1. The van der Waals surface area contributed by atoms with Gasteiger partial charge in [-0.05, 0) is 44.0 Å². The van der Waals surface area contributed by atoms with Crippen LogP contribution in [-0.2, 0) is 0 Å². The van der Waals surface area contributed by atoms with Gasteiger partial charge in [0.25, 0.3) is 0 Å². The zero-order valence-corrected chi connectivity index (χ0v) is 14.4. The maximum Gasteiger partial charge on any atom is 0.0337 e. The van der Waals surface area contributed by atoms with Crippen LogP contribution in [0.1, 0.15) is 16.7 Å². The molecule has 0 atom stereocenters. The molecule has 23 heavy (non-hydrogen) atoms. The van der Waals surface area contributed by atoms with Crippen molar-refractivity contribution in [1.82, 2.24) is 0 Å². The average molecular weight is 303 g/mol. The number of benzene rings is 3. The number of rotatable bonds is 2. The van der Waals surface area contributed by atoms with E-state index in [2.05, 4.69) is 98.9 Å². The predicted molar refractivity (Wildman–Crippen MR) is 102 cm³/mol. The highest BCUT2D eigenvalue weighted by Crippen LogP contribution is 2.19. The van der Waals surface area contributed by atoms with Crippen LogP contribution in [0.4, 0.5) is 5.69 Å². The van der Waals surface area contributed by atoms with Crippen LogP contribution in [0, 0.1) is 20.8 Å². The third-order valence-electron chi connectivity index (χ3n) is 3.78. The van der Waals surface area contributed by atoms with E-state index in [1.165, 1.54) is 33.5 Å². The summed E-state index contributed by atoms with van der Waals surface area (Å²) < 4.78 is 0. The van der Waals surface area contributed by atoms with E-state index < -0.39 is 0 Å². The topological polar surface area (TPSA) is 12.0 Å². The minimum absolute atomic E-state index is 1.17. The Balaban J connectivity index is 0.000000185. The Kier molecular flexibility index (Phi) is 5.99. The molecule has 0 saturated heterocycles. The van der Waals surface area contributed by atoms with Gasteiger partial charge in [-0.1, -0.05) is 77.4 Å². The monoisotopic (exact) mass is 303 g/mol. The Labute approximate surface area is 140 Å². The van der Waals surface area contributed by atoms with E-state index in [-0.39, 0.29) is 0 Å². The van der Waals surface area contributed by atoms with Crippen LogP contribution >= 0.6 is 0 Å². The zero-order valence-electron chi connectivity index (χ0n) is 14.4. The van der Waals surface area contributed by atoms with Crippen molar-refractivity contribution < 1.29 is 0 Å². The summed E-state index contributed by atoms with van der Waals surface area (Å²) in [6, 6.07) is 25.6. The van der Waals surface area contributed by atoms with Crippen LogP contribution in [0.25, 0.3) is 11.1 Å². The Morgan fingerprint density at radius 2 is 0.783 bits per heavy atom. The Hall–Kier alpha value is -2.54. The summed E-state index contributed by atoms with van der Waals surface area (Å²) in [6.07, 6.45) is 0. The zero-order chi connectivity index (χ0) is 16.7. The molecule has 1 heteroatoms. The molecular weight excluding hydrogens is 278 g/mol. The molecule has 0 saturated carbocycles. The third kappa shape index (κ3) is 5.30. The molecule has 0 aliphatic heterocycles. The van der Waals surface area contributed by atoms with Crippen molar-refractivity contribution in [1.29, 1.82) is 0 Å². The molecule has 3 aromatic rings. The van der Waals surface area contributed by atoms with Gasteiger partial charge in [-0.15, -0.1) is 0 Å². The Morgan fingerprint density at radius 3 is 1.09 bits per heavy atom. The lowest BCUT2D eigenvalue weighted by Crippen LogP contribution is -1.85. The molecule has 0 bridgehead atoms. The van der Waals surface area contributed by atoms with Crippen LogP contribution in [0.15, 0.2) is 72.8 Å². The van der Waals surface area contributed by atoms with Crippen molar-refractivity contribution in [3.63, 3.8) is 0 Å². The lowest BCUT2D eigenvalue weighted by Gasteiger charge is -2.02. The lowest BCUT2D eigenvalue weighted by molar-refractivity contribution is 1.44. The van der Waals surface area contributed by atoms with Gasteiger partial charge in [0, 0.05) is 12.7 Å². The molecule has 0 spiro atoms. The molecule has 0 heterocycles. The van der Waals surface area contributed by atoms with Gasteiger partial charge in [0.2, 0.25) is 0 Å². The normalized spacial score (nSPS) is 9.74. The SMILES string of the molecule is CNc1ccc(C)cc1.Cc1ccc(-c2ccc(C)cc2)cc1. The van der Waals surface area contributed by atoms with Gasteiger partial charge in [-0.25, -0.2) is 0 Å². The molecule has 0 aliphatic carbocycles. The lowest BCUT2D eigenvalue weighted by atomic mass is 10.0. The van der Waals surface area contributed by atoms with E-state index in [0.717, 1.165) is 0 Å². The smallest absolute Gasteiger partial charge is 0.0337 e. The Bertz CT molecular complexity index is 664. The molecular formula is C22H25N. The van der Waals surface area contributed by atoms with Gasteiger partial charge in [0.15, 0.2) is 0 Å². The molecule has 118 valence electrons. The van der Waals surface area contributed by atoms with Crippen LogP contribution in [-0.4, -0.2) is 7.05 Å². The summed E-state index contributed by atoms with van der Waals surface area (Å²) in [6.45, 7) is 6.30. The summed E-state index contributed by atoms with van der Waals surface area (Å²) in [5, 5.41) is 3.05. The minimum Gasteiger partial charge on any atom is -0.388 e. The Morgan fingerprint density at radius 1 is 0.478 bits per heavy atom. The van der Waals surface area contributed by atoms with E-state index >= 15 is 0 Å². The molecule has 0 aromatic heterocycles. The van der Waals surface area contributed by atoms with Crippen molar-refractivity contribution in [3.05, 3.63) is 89.5 Å². The number of nitrogens with one attached hydrogen (secondary N) is 1. The van der Waals surface area contributed by atoms with Gasteiger partial charge >= 0.3 is 0 Å². The first-order chi connectivity index (χ1) is 11.1. The maximum atomic E-state index is 3.05. The fourth-order valence-electron chi connectivity index (χ4n) is 2.21. The number of hydrogen-bond donors (Lipinski definition) is 1. The van der Waals surface area contributed by atoms with Crippen molar-refractivity contribution in [2.45, 2.75) is 20.8 Å². The second-order valence-corrected chi connectivity index (χ2v) is 5.85. The van der Waals surface area contributed by atoms with Crippen LogP contribution < -0.4 is 5.32 Å². The van der Waals surface area contributed by atoms with Crippen molar-refractivity contribution in [3.8, 4) is 11.1 Å². The fourth-order valence-corrected chi connectivity index (χ4v) is 2.21. The van der Waals surface area contributed by atoms with Gasteiger partial charge in [0.1, 0.15) is 0 Å². The number of anilines is 1. The van der Waals surface area contributed by atoms with Gasteiger partial charge < -0.3 is 5.32 Å². The molecule has 0 amide bonds. The molecule has 3 rings (SSSR count). The summed E-state index contributed by atoms with van der Waals surface area (Å²) in [4.78, 5) is 0. The highest BCUT2D eigenvalue weighted by molar-refractivity contribution is 5.63. The van der Waals surface area contributed by atoms with Gasteiger partial charge in [0.05, 0.1) is 0 Å². The van der Waals surface area contributed by atoms with Gasteiger partial charge in [-0.3, -0.25) is 0 Å². The largest absolute Gasteiger partial charge is 0.388 e. The minimum atomic E-state index is 1.17. The molecule has 0 unspecified atom stereocenters. The van der Waals surface area contributed by atoms with E-state index in [9.17, 15) is 0 Å². The van der Waals surface area contributed by atoms with Crippen LogP contribution in [0.5, 0.6) is 0 Å². The quantitative estimate of drug-likeness (QED) is 0.611. The molecule has 0 fully saturated rings. The molecule has 1 nitrogen and oxygen atoms in total. The highest BCUT2D eigenvalue weighted by atomic mass is 14.8. The summed E-state index contributed by atoms with van der Waals surface area (Å²) >= 11 is 0. The fraction of sp³-hybridized carbons (Fsp3) is 0.182. The second kappa shape index (κ2) is 8.19. The molecule has 0 radical (unpaired) electrons. The van der Waals surface area contributed by atoms with Crippen molar-refractivity contribution in [2.75, 3.05) is 12.4 Å². The van der Waals surface area contributed by atoms with Crippen molar-refractivity contribution in [2.24, 2.45) is 0 Å². The van der Waals surface area contributed by atoms with Crippen LogP contribution in [0.3, 0.4) is 0 Å². The first-order valence-electron chi connectivity index (χ1n) is 7.96. The highest BCUT2D eigenvalue weighted by Gasteiger charge is 1.95. The molecule has 3 aromatic carbocycles. The van der Waals surface area contributed by atoms with E-state index in [1.54, 1.807) is 0 Å². The average Bonchev–Trinajstić information content (AvgIpc) is 2.58. The first kappa shape index (κ1) is 16.8. The molecule has 0 aliphatic rings. The van der Waals surface area contributed by atoms with E-state index in [1.807, 2.05) is 7.05 Å². The second-order valence-electron chi connectivity index (χ2n) is 5.85. The summed E-state index contributed by atoms with van der Waals surface area (Å²) in [5.74, 6) is 0. The third-order valence-corrected chi connectivity index (χ3v) is 3.78. The summed E-state index contributed by atoms with van der Waals surface area (Å²) in [7, 11) is 1.92. The first-order valence-corrected chi connectivity index (χ1v) is 7.96. The summed E-state index contributed by atoms with van der Waals surface area (Å²) in [5.41, 5.74) is 7.66. The standard InChI is InChI=1S/C14H14.C8H11N/c1-11-3-7-13(8-4-11)14-9-5-12(2)6-10-14;1-7-3-5-8(9-2)6-4-7/h3-10H,1-2H3;3-6,9H,1-2H3. The number of aryl methyl sites for hydroxylation is 3. The van der Waals surface area contributed by atoms with E-state index in [0.29, 0.717) is 0 Å². The van der Waals surface area contributed by atoms with Crippen molar-refractivity contribution >= 4 is 5.69 Å². The maximum absolute atomic E-state index is 3.05. The van der Waals surface area contributed by atoms with Crippen LogP contribution in [0.2, 0.25) is 0 Å². The van der Waals surface area contributed by atoms with E-state index in [4.69, 9.17) is 0 Å². The predicted octanol–water partition coefficient (Wildman–Crippen LogP) is 6.01. The van der Waals surface area contributed by atoms with Gasteiger partial charge in [-0.2, -0.15) is 0 Å².